The number of unbranched alkanes of at least 4 members (excludes halogenated alkanes) is 1. The highest BCUT2D eigenvalue weighted by Gasteiger charge is 2.31. The number of amides is 1. The van der Waals surface area contributed by atoms with Gasteiger partial charge in [0.25, 0.3) is 0 Å². The third kappa shape index (κ3) is 3.96. The molecule has 6 heteroatoms. The van der Waals surface area contributed by atoms with E-state index >= 15 is 0 Å². The maximum absolute atomic E-state index is 12.0. The van der Waals surface area contributed by atoms with Crippen molar-refractivity contribution in [3.63, 3.8) is 0 Å². The summed E-state index contributed by atoms with van der Waals surface area (Å²) in [4.78, 5) is 11.5. The van der Waals surface area contributed by atoms with Crippen LogP contribution in [0, 0.1) is 5.92 Å². The van der Waals surface area contributed by atoms with Crippen molar-refractivity contribution in [2.24, 2.45) is 5.92 Å². The minimum absolute atomic E-state index is 0.0552. The molecule has 0 radical (unpaired) electrons. The molecule has 1 atom stereocenters. The first-order chi connectivity index (χ1) is 8.01. The van der Waals surface area contributed by atoms with E-state index in [1.807, 2.05) is 6.92 Å². The van der Waals surface area contributed by atoms with E-state index in [4.69, 9.17) is 0 Å². The third-order valence-corrected chi connectivity index (χ3v) is 5.07. The lowest BCUT2D eigenvalue weighted by Gasteiger charge is -2.30. The van der Waals surface area contributed by atoms with Crippen molar-refractivity contribution in [3.8, 4) is 0 Å². The monoisotopic (exact) mass is 262 g/mol. The lowest BCUT2D eigenvalue weighted by molar-refractivity contribution is -0.125. The molecule has 1 aliphatic rings. The Morgan fingerprint density at radius 2 is 2.18 bits per heavy atom. The Balaban J connectivity index is 2.63. The van der Waals surface area contributed by atoms with Gasteiger partial charge in [0.15, 0.2) is 0 Å². The van der Waals surface area contributed by atoms with Crippen molar-refractivity contribution in [1.82, 2.24) is 9.62 Å². The van der Waals surface area contributed by atoms with Crippen LogP contribution in [0.5, 0.6) is 0 Å². The quantitative estimate of drug-likeness (QED) is 0.788. The SMILES string of the molecule is CCCCS(=O)(=O)N1CCC[C@@H](C(=O)NC)C1. The average molecular weight is 262 g/mol. The summed E-state index contributed by atoms with van der Waals surface area (Å²) in [6, 6.07) is 0. The van der Waals surface area contributed by atoms with Crippen molar-refractivity contribution in [2.75, 3.05) is 25.9 Å². The first kappa shape index (κ1) is 14.4. The Hall–Kier alpha value is -0.620. The molecule has 0 saturated carbocycles. The second kappa shape index (κ2) is 6.35. The molecule has 0 aromatic heterocycles. The van der Waals surface area contributed by atoms with Gasteiger partial charge < -0.3 is 5.32 Å². The van der Waals surface area contributed by atoms with Gasteiger partial charge in [0.1, 0.15) is 0 Å². The van der Waals surface area contributed by atoms with Crippen LogP contribution in [0.15, 0.2) is 0 Å². The van der Waals surface area contributed by atoms with Gasteiger partial charge in [-0.3, -0.25) is 4.79 Å². The Kier molecular flexibility index (Phi) is 5.39. The predicted octanol–water partition coefficient (Wildman–Crippen LogP) is 0.574. The van der Waals surface area contributed by atoms with E-state index in [0.717, 1.165) is 19.3 Å². The van der Waals surface area contributed by atoms with Gasteiger partial charge >= 0.3 is 0 Å². The lowest BCUT2D eigenvalue weighted by Crippen LogP contribution is -2.45. The second-order valence-electron chi connectivity index (χ2n) is 4.48. The van der Waals surface area contributed by atoms with E-state index in [9.17, 15) is 13.2 Å². The topological polar surface area (TPSA) is 66.5 Å². The number of rotatable bonds is 5. The highest BCUT2D eigenvalue weighted by atomic mass is 32.2. The predicted molar refractivity (Wildman–Crippen MR) is 67.1 cm³/mol. The average Bonchev–Trinajstić information content (AvgIpc) is 2.35. The normalized spacial score (nSPS) is 22.4. The van der Waals surface area contributed by atoms with E-state index in [2.05, 4.69) is 5.32 Å². The van der Waals surface area contributed by atoms with Gasteiger partial charge in [-0.15, -0.1) is 0 Å². The molecule has 1 aliphatic heterocycles. The molecule has 1 rings (SSSR count). The largest absolute Gasteiger partial charge is 0.359 e. The summed E-state index contributed by atoms with van der Waals surface area (Å²) >= 11 is 0. The van der Waals surface area contributed by atoms with Gasteiger partial charge in [-0.25, -0.2) is 12.7 Å². The summed E-state index contributed by atoms with van der Waals surface area (Å²) in [6.45, 7) is 2.87. The summed E-state index contributed by atoms with van der Waals surface area (Å²) in [5.74, 6) is -0.0465. The molecule has 0 spiro atoms. The van der Waals surface area contributed by atoms with Crippen molar-refractivity contribution < 1.29 is 13.2 Å². The van der Waals surface area contributed by atoms with Crippen molar-refractivity contribution >= 4 is 15.9 Å². The van der Waals surface area contributed by atoms with Crippen LogP contribution in [0.3, 0.4) is 0 Å². The minimum Gasteiger partial charge on any atom is -0.359 e. The molecule has 1 N–H and O–H groups in total. The number of hydrogen-bond acceptors (Lipinski definition) is 3. The molecule has 5 nitrogen and oxygen atoms in total. The van der Waals surface area contributed by atoms with Gasteiger partial charge in [0.05, 0.1) is 11.7 Å². The number of nitrogens with zero attached hydrogens (tertiary/aromatic N) is 1. The summed E-state index contributed by atoms with van der Waals surface area (Å²) in [7, 11) is -1.58. The standard InChI is InChI=1S/C11H22N2O3S/c1-3-4-8-17(15,16)13-7-5-6-10(9-13)11(14)12-2/h10H,3-9H2,1-2H3,(H,12,14)/t10-/m1/s1. The molecule has 17 heavy (non-hydrogen) atoms. The number of carbonyl (C=O) groups excluding carboxylic acids is 1. The van der Waals surface area contributed by atoms with Crippen molar-refractivity contribution in [1.29, 1.82) is 0 Å². The zero-order valence-electron chi connectivity index (χ0n) is 10.6. The van der Waals surface area contributed by atoms with Crippen LogP contribution in [0.25, 0.3) is 0 Å². The van der Waals surface area contributed by atoms with Crippen LogP contribution >= 0.6 is 0 Å². The Morgan fingerprint density at radius 3 is 2.76 bits per heavy atom. The molecular weight excluding hydrogens is 240 g/mol. The summed E-state index contributed by atoms with van der Waals surface area (Å²) in [5, 5.41) is 2.59. The molecule has 0 unspecified atom stereocenters. The summed E-state index contributed by atoms with van der Waals surface area (Å²) < 4.78 is 25.5. The van der Waals surface area contributed by atoms with Gasteiger partial charge in [0.2, 0.25) is 15.9 Å². The smallest absolute Gasteiger partial charge is 0.224 e. The van der Waals surface area contributed by atoms with Crippen LogP contribution in [0.1, 0.15) is 32.6 Å². The first-order valence-corrected chi connectivity index (χ1v) is 7.81. The molecular formula is C11H22N2O3S. The number of sulfonamides is 1. The Bertz CT molecular complexity index is 354. The molecule has 0 aromatic rings. The number of carbonyl (C=O) groups is 1. The first-order valence-electron chi connectivity index (χ1n) is 6.20. The maximum Gasteiger partial charge on any atom is 0.224 e. The number of piperidine rings is 1. The number of nitrogens with one attached hydrogen (secondary N) is 1. The van der Waals surface area contributed by atoms with E-state index in [0.29, 0.717) is 19.5 Å². The van der Waals surface area contributed by atoms with Gasteiger partial charge in [-0.1, -0.05) is 13.3 Å². The van der Waals surface area contributed by atoms with Crippen LogP contribution in [0.4, 0.5) is 0 Å². The maximum atomic E-state index is 12.0. The second-order valence-corrected chi connectivity index (χ2v) is 6.57. The molecule has 1 fully saturated rings. The zero-order chi connectivity index (χ0) is 12.9. The molecule has 1 saturated heterocycles. The summed E-state index contributed by atoms with van der Waals surface area (Å²) in [6.07, 6.45) is 3.10. The van der Waals surface area contributed by atoms with Gasteiger partial charge in [0, 0.05) is 20.1 Å². The Morgan fingerprint density at radius 1 is 1.47 bits per heavy atom. The van der Waals surface area contributed by atoms with Crippen molar-refractivity contribution in [2.45, 2.75) is 32.6 Å². The molecule has 0 aromatic carbocycles. The fourth-order valence-corrected chi connectivity index (χ4v) is 3.80. The van der Waals surface area contributed by atoms with Crippen LogP contribution in [-0.2, 0) is 14.8 Å². The van der Waals surface area contributed by atoms with E-state index in [1.54, 1.807) is 7.05 Å². The highest BCUT2D eigenvalue weighted by Crippen LogP contribution is 2.20. The van der Waals surface area contributed by atoms with E-state index in [1.165, 1.54) is 4.31 Å². The molecule has 0 bridgehead atoms. The van der Waals surface area contributed by atoms with Gasteiger partial charge in [-0.2, -0.15) is 0 Å². The molecule has 1 heterocycles. The van der Waals surface area contributed by atoms with E-state index in [-0.39, 0.29) is 17.6 Å². The minimum atomic E-state index is -3.17. The fraction of sp³-hybridized carbons (Fsp3) is 0.909. The summed E-state index contributed by atoms with van der Waals surface area (Å²) in [5.41, 5.74) is 0. The Labute approximate surface area is 104 Å². The molecule has 1 amide bonds. The zero-order valence-corrected chi connectivity index (χ0v) is 11.4. The molecule has 0 aliphatic carbocycles. The van der Waals surface area contributed by atoms with Crippen LogP contribution < -0.4 is 5.32 Å². The fourth-order valence-electron chi connectivity index (χ4n) is 2.07. The van der Waals surface area contributed by atoms with E-state index < -0.39 is 10.0 Å². The van der Waals surface area contributed by atoms with Crippen LogP contribution in [-0.4, -0.2) is 44.5 Å². The van der Waals surface area contributed by atoms with Crippen molar-refractivity contribution in [3.05, 3.63) is 0 Å². The highest BCUT2D eigenvalue weighted by molar-refractivity contribution is 7.89. The van der Waals surface area contributed by atoms with Gasteiger partial charge in [-0.05, 0) is 19.3 Å². The lowest BCUT2D eigenvalue weighted by atomic mass is 9.99. The number of hydrogen-bond donors (Lipinski definition) is 1. The van der Waals surface area contributed by atoms with Crippen LogP contribution in [0.2, 0.25) is 0 Å². The third-order valence-electron chi connectivity index (χ3n) is 3.15. The molecule has 100 valence electrons.